The maximum absolute atomic E-state index is 6.14. The molecule has 2 aromatic carbocycles. The van der Waals surface area contributed by atoms with Crippen molar-refractivity contribution < 1.29 is 9.57 Å². The minimum Gasteiger partial charge on any atom is -0.491 e. The maximum atomic E-state index is 6.14. The Morgan fingerprint density at radius 1 is 1.11 bits per heavy atom. The Kier molecular flexibility index (Phi) is 5.55. The van der Waals surface area contributed by atoms with E-state index in [9.17, 15) is 0 Å². The number of benzene rings is 2. The molecule has 4 rings (SSSR count). The van der Waals surface area contributed by atoms with Crippen molar-refractivity contribution in [1.29, 1.82) is 0 Å². The van der Waals surface area contributed by atoms with Crippen LogP contribution in [0.1, 0.15) is 12.0 Å². The van der Waals surface area contributed by atoms with Crippen molar-refractivity contribution in [3.05, 3.63) is 76.8 Å². The normalized spacial score (nSPS) is 22.5. The van der Waals surface area contributed by atoms with E-state index in [0.29, 0.717) is 23.2 Å². The van der Waals surface area contributed by atoms with Crippen LogP contribution in [0.15, 0.2) is 61.2 Å². The minimum atomic E-state index is -0.410. The number of hydroxylamine groups is 2. The molecule has 0 bridgehead atoms. The van der Waals surface area contributed by atoms with E-state index in [4.69, 9.17) is 32.8 Å². The zero-order valence-corrected chi connectivity index (χ0v) is 16.8. The zero-order valence-electron chi connectivity index (χ0n) is 15.3. The molecular formula is C20H20Cl2N4O2. The molecule has 0 unspecified atom stereocenters. The first-order valence-corrected chi connectivity index (χ1v) is 9.68. The van der Waals surface area contributed by atoms with E-state index in [-0.39, 0.29) is 6.10 Å². The van der Waals surface area contributed by atoms with Crippen molar-refractivity contribution in [3.8, 4) is 5.75 Å². The summed E-state index contributed by atoms with van der Waals surface area (Å²) in [6.45, 7) is 1.03. The second kappa shape index (κ2) is 8.09. The average molecular weight is 419 g/mol. The first kappa shape index (κ1) is 19.2. The van der Waals surface area contributed by atoms with Gasteiger partial charge in [-0.3, -0.25) is 9.52 Å². The number of aromatic nitrogens is 3. The molecule has 1 saturated heterocycles. The van der Waals surface area contributed by atoms with Crippen molar-refractivity contribution in [2.75, 3.05) is 13.7 Å². The van der Waals surface area contributed by atoms with Crippen molar-refractivity contribution >= 4 is 23.2 Å². The smallest absolute Gasteiger partial charge is 0.137 e. The van der Waals surface area contributed by atoms with Gasteiger partial charge in [0.1, 0.15) is 31.1 Å². The van der Waals surface area contributed by atoms with Gasteiger partial charge in [-0.2, -0.15) is 10.2 Å². The van der Waals surface area contributed by atoms with Crippen LogP contribution in [0.3, 0.4) is 0 Å². The topological polar surface area (TPSA) is 52.4 Å². The lowest BCUT2D eigenvalue weighted by Crippen LogP contribution is -2.42. The van der Waals surface area contributed by atoms with Crippen LogP contribution in [0.5, 0.6) is 5.75 Å². The summed E-state index contributed by atoms with van der Waals surface area (Å²) in [5.74, 6) is 0.760. The van der Waals surface area contributed by atoms with Gasteiger partial charge in [-0.25, -0.2) is 4.98 Å². The summed E-state index contributed by atoms with van der Waals surface area (Å²) in [5.41, 5.74) is 0.690. The second-order valence-corrected chi connectivity index (χ2v) is 7.70. The maximum Gasteiger partial charge on any atom is 0.137 e. The van der Waals surface area contributed by atoms with Gasteiger partial charge in [-0.15, -0.1) is 0 Å². The summed E-state index contributed by atoms with van der Waals surface area (Å²) < 4.78 is 7.73. The van der Waals surface area contributed by atoms with Gasteiger partial charge < -0.3 is 4.74 Å². The molecule has 8 heteroatoms. The SMILES string of the molecule is CN1O[C@@H](COc2ccc(Cl)cc2)C[C@@]1(Cn1cncn1)c1ccc(Cl)cc1. The van der Waals surface area contributed by atoms with Gasteiger partial charge in [0.2, 0.25) is 0 Å². The summed E-state index contributed by atoms with van der Waals surface area (Å²) in [7, 11) is 1.94. The Hall–Kier alpha value is -2.12. The van der Waals surface area contributed by atoms with Crippen LogP contribution in [0, 0.1) is 0 Å². The van der Waals surface area contributed by atoms with Crippen molar-refractivity contribution in [1.82, 2.24) is 19.8 Å². The predicted molar refractivity (Wildman–Crippen MR) is 107 cm³/mol. The molecule has 2 atom stereocenters. The molecule has 0 amide bonds. The van der Waals surface area contributed by atoms with Crippen LogP contribution in [0.25, 0.3) is 0 Å². The predicted octanol–water partition coefficient (Wildman–Crippen LogP) is 4.20. The Balaban J connectivity index is 1.55. The number of ether oxygens (including phenoxy) is 1. The van der Waals surface area contributed by atoms with E-state index in [1.54, 1.807) is 18.5 Å². The zero-order chi connectivity index (χ0) is 19.6. The number of likely N-dealkylation sites (N-methyl/N-ethyl adjacent to an activating group) is 1. The highest BCUT2D eigenvalue weighted by atomic mass is 35.5. The molecule has 2 heterocycles. The number of nitrogens with zero attached hydrogens (tertiary/aromatic N) is 4. The molecule has 3 aromatic rings. The van der Waals surface area contributed by atoms with Crippen LogP contribution in [0.2, 0.25) is 10.0 Å². The Bertz CT molecular complexity index is 903. The molecule has 1 fully saturated rings. The molecular weight excluding hydrogens is 399 g/mol. The molecule has 0 spiro atoms. The third-order valence-electron chi connectivity index (χ3n) is 5.00. The number of hydrogen-bond acceptors (Lipinski definition) is 5. The molecule has 0 N–H and O–H groups in total. The number of halogens is 2. The summed E-state index contributed by atoms with van der Waals surface area (Å²) >= 11 is 12.0. The van der Waals surface area contributed by atoms with Crippen LogP contribution in [-0.4, -0.2) is 39.6 Å². The second-order valence-electron chi connectivity index (χ2n) is 6.83. The van der Waals surface area contributed by atoms with Gasteiger partial charge in [0.25, 0.3) is 0 Å². The van der Waals surface area contributed by atoms with Gasteiger partial charge in [0, 0.05) is 23.5 Å². The van der Waals surface area contributed by atoms with Gasteiger partial charge in [-0.05, 0) is 42.0 Å². The molecule has 1 aliphatic rings. The Morgan fingerprint density at radius 2 is 1.79 bits per heavy atom. The summed E-state index contributed by atoms with van der Waals surface area (Å²) in [5, 5.41) is 7.56. The highest BCUT2D eigenvalue weighted by Gasteiger charge is 2.47. The fourth-order valence-electron chi connectivity index (χ4n) is 3.57. The molecule has 6 nitrogen and oxygen atoms in total. The molecule has 28 heavy (non-hydrogen) atoms. The van der Waals surface area contributed by atoms with E-state index in [1.807, 2.05) is 53.2 Å². The Morgan fingerprint density at radius 3 is 2.43 bits per heavy atom. The first-order chi connectivity index (χ1) is 13.5. The number of hydrogen-bond donors (Lipinski definition) is 0. The van der Waals surface area contributed by atoms with E-state index >= 15 is 0 Å². The third kappa shape index (κ3) is 4.00. The van der Waals surface area contributed by atoms with Crippen LogP contribution in [0.4, 0.5) is 0 Å². The monoisotopic (exact) mass is 418 g/mol. The van der Waals surface area contributed by atoms with E-state index < -0.39 is 5.54 Å². The quantitative estimate of drug-likeness (QED) is 0.600. The molecule has 1 aliphatic heterocycles. The molecule has 0 aliphatic carbocycles. The van der Waals surface area contributed by atoms with Crippen molar-refractivity contribution in [3.63, 3.8) is 0 Å². The van der Waals surface area contributed by atoms with Gasteiger partial charge >= 0.3 is 0 Å². The van der Waals surface area contributed by atoms with Crippen LogP contribution in [-0.2, 0) is 16.9 Å². The summed E-state index contributed by atoms with van der Waals surface area (Å²) in [6.07, 6.45) is 3.87. The van der Waals surface area contributed by atoms with Gasteiger partial charge in [0.05, 0.1) is 12.1 Å². The van der Waals surface area contributed by atoms with Crippen LogP contribution < -0.4 is 4.74 Å². The highest BCUT2D eigenvalue weighted by molar-refractivity contribution is 6.30. The average Bonchev–Trinajstić information content (AvgIpc) is 3.31. The highest BCUT2D eigenvalue weighted by Crippen LogP contribution is 2.41. The third-order valence-corrected chi connectivity index (χ3v) is 5.50. The van der Waals surface area contributed by atoms with Gasteiger partial charge in [-0.1, -0.05) is 35.3 Å². The van der Waals surface area contributed by atoms with Crippen molar-refractivity contribution in [2.24, 2.45) is 0 Å². The largest absolute Gasteiger partial charge is 0.491 e. The minimum absolute atomic E-state index is 0.111. The molecule has 0 saturated carbocycles. The lowest BCUT2D eigenvalue weighted by molar-refractivity contribution is -0.180. The molecule has 0 radical (unpaired) electrons. The fraction of sp³-hybridized carbons (Fsp3) is 0.300. The first-order valence-electron chi connectivity index (χ1n) is 8.93. The molecule has 146 valence electrons. The Labute approximate surface area is 173 Å². The van der Waals surface area contributed by atoms with E-state index in [2.05, 4.69) is 10.1 Å². The standard InChI is InChI=1S/C20H20Cl2N4O2/c1-25-20(12-26-14-23-13-24-26,15-2-4-16(21)5-3-15)10-19(28-25)11-27-18-8-6-17(22)7-9-18/h2-9,13-14,19H,10-12H2,1H3/t19-,20-/m1/s1. The van der Waals surface area contributed by atoms with E-state index in [0.717, 1.165) is 17.7 Å². The summed E-state index contributed by atoms with van der Waals surface area (Å²) in [6, 6.07) is 15.2. The van der Waals surface area contributed by atoms with Crippen LogP contribution >= 0.6 is 23.2 Å². The fourth-order valence-corrected chi connectivity index (χ4v) is 3.83. The van der Waals surface area contributed by atoms with E-state index in [1.165, 1.54) is 6.33 Å². The van der Waals surface area contributed by atoms with Crippen molar-refractivity contribution in [2.45, 2.75) is 24.6 Å². The lowest BCUT2D eigenvalue weighted by Gasteiger charge is -2.34. The summed E-state index contributed by atoms with van der Waals surface area (Å²) in [4.78, 5) is 10.2. The molecule has 1 aromatic heterocycles. The van der Waals surface area contributed by atoms with Gasteiger partial charge in [0.15, 0.2) is 0 Å². The lowest BCUT2D eigenvalue weighted by atomic mass is 9.85. The number of rotatable bonds is 6.